The molecule has 0 radical (unpaired) electrons. The third kappa shape index (κ3) is 13.5. The maximum Gasteiger partial charge on any atom is 0.322 e. The van der Waals surface area contributed by atoms with E-state index in [1.54, 1.807) is 0 Å². The van der Waals surface area contributed by atoms with Crippen LogP contribution < -0.4 is 20.1 Å². The van der Waals surface area contributed by atoms with Gasteiger partial charge < -0.3 is 20.1 Å². The minimum Gasteiger partial charge on any atom is -0.494 e. The highest BCUT2D eigenvalue weighted by atomic mass is 33.1. The molecule has 33 heavy (non-hydrogen) atoms. The van der Waals surface area contributed by atoms with Gasteiger partial charge in [0.05, 0.1) is 19.8 Å². The summed E-state index contributed by atoms with van der Waals surface area (Å²) in [6.07, 6.45) is 1.68. The maximum atomic E-state index is 11.9. The van der Waals surface area contributed by atoms with E-state index in [0.717, 1.165) is 48.2 Å². The predicted molar refractivity (Wildman–Crippen MR) is 136 cm³/mol. The summed E-state index contributed by atoms with van der Waals surface area (Å²) in [5.41, 5.74) is 2.34. The molecule has 0 spiro atoms. The molecule has 0 aromatic heterocycles. The van der Waals surface area contributed by atoms with E-state index in [9.17, 15) is 8.42 Å². The van der Waals surface area contributed by atoms with Crippen LogP contribution in [0.3, 0.4) is 0 Å². The molecule has 0 saturated heterocycles. The molecule has 0 heterocycles. The number of nitrogens with one attached hydrogen (secondary N) is 2. The van der Waals surface area contributed by atoms with Gasteiger partial charge in [0.1, 0.15) is 11.5 Å². The molecule has 184 valence electrons. The number of hydrogen-bond acceptors (Lipinski definition) is 8. The lowest BCUT2D eigenvalue weighted by Crippen LogP contribution is -2.24. The first-order chi connectivity index (χ1) is 15.9. The van der Waals surface area contributed by atoms with E-state index in [4.69, 9.17) is 13.7 Å². The number of rotatable bonds is 18. The minimum atomic E-state index is -3.57. The van der Waals surface area contributed by atoms with E-state index in [0.29, 0.717) is 32.1 Å². The molecule has 9 heteroatoms. The summed E-state index contributed by atoms with van der Waals surface area (Å²) < 4.78 is 40.2. The van der Waals surface area contributed by atoms with Gasteiger partial charge in [0.25, 0.3) is 0 Å². The summed E-state index contributed by atoms with van der Waals surface area (Å²) >= 11 is 0. The zero-order valence-corrected chi connectivity index (χ0v) is 21.2. The standard InChI is InChI=1S/C24H36N2O5S2/c1-21-7-3-9-23(19-21)29-15-5-11-25-13-17-31-33(27,28)32-18-14-26-12-6-16-30-24-10-4-8-22(2)20-24/h3-4,7-10,19-20,25-26H,5-6,11-18H2,1-2H3. The van der Waals surface area contributed by atoms with Gasteiger partial charge >= 0.3 is 9.15 Å². The molecule has 0 aliphatic rings. The molecule has 7 nitrogen and oxygen atoms in total. The number of aryl methyl sites for hydroxylation is 2. The minimum absolute atomic E-state index is 0.123. The van der Waals surface area contributed by atoms with Gasteiger partial charge in [-0.3, -0.25) is 4.18 Å². The smallest absolute Gasteiger partial charge is 0.322 e. The van der Waals surface area contributed by atoms with Crippen LogP contribution in [0, 0.1) is 13.8 Å². The van der Waals surface area contributed by atoms with Gasteiger partial charge in [0.15, 0.2) is 0 Å². The Morgan fingerprint density at radius 3 is 1.85 bits per heavy atom. The van der Waals surface area contributed by atoms with Crippen LogP contribution in [0.15, 0.2) is 48.5 Å². The van der Waals surface area contributed by atoms with Crippen molar-refractivity contribution in [2.45, 2.75) is 26.7 Å². The van der Waals surface area contributed by atoms with E-state index >= 15 is 0 Å². The first-order valence-corrected chi connectivity index (χ1v) is 14.2. The van der Waals surface area contributed by atoms with Crippen molar-refractivity contribution in [1.29, 1.82) is 0 Å². The molecular weight excluding hydrogens is 460 g/mol. The molecule has 0 aliphatic carbocycles. The van der Waals surface area contributed by atoms with Crippen LogP contribution in [-0.2, 0) is 13.3 Å². The number of benzene rings is 2. The van der Waals surface area contributed by atoms with Gasteiger partial charge in [0, 0.05) is 18.8 Å². The normalized spacial score (nSPS) is 11.5. The van der Waals surface area contributed by atoms with E-state index < -0.39 is 9.15 Å². The van der Waals surface area contributed by atoms with Crippen molar-refractivity contribution in [3.63, 3.8) is 0 Å². The average Bonchev–Trinajstić information content (AvgIpc) is 2.77. The summed E-state index contributed by atoms with van der Waals surface area (Å²) in [6.45, 7) is 7.99. The van der Waals surface area contributed by atoms with Crippen LogP contribution in [-0.4, -0.2) is 60.2 Å². The first kappa shape index (κ1) is 27.5. The molecule has 0 amide bonds. The zero-order chi connectivity index (χ0) is 23.8. The fourth-order valence-corrected chi connectivity index (χ4v) is 4.96. The Balaban J connectivity index is 1.38. The van der Waals surface area contributed by atoms with Crippen molar-refractivity contribution >= 4 is 19.9 Å². The van der Waals surface area contributed by atoms with Crippen molar-refractivity contribution < 1.29 is 22.1 Å². The molecule has 2 aromatic rings. The average molecular weight is 497 g/mol. The molecule has 0 fully saturated rings. The Kier molecular flexibility index (Phi) is 13.3. The summed E-state index contributed by atoms with van der Waals surface area (Å²) in [5, 5.41) is 6.38. The highest BCUT2D eigenvalue weighted by molar-refractivity contribution is 8.70. The zero-order valence-electron chi connectivity index (χ0n) is 19.5. The van der Waals surface area contributed by atoms with Gasteiger partial charge in [0.2, 0.25) is 0 Å². The van der Waals surface area contributed by atoms with Crippen LogP contribution in [0.2, 0.25) is 0 Å². The van der Waals surface area contributed by atoms with Crippen LogP contribution in [0.25, 0.3) is 0 Å². The second kappa shape index (κ2) is 16.0. The van der Waals surface area contributed by atoms with Crippen LogP contribution in [0.1, 0.15) is 24.0 Å². The lowest BCUT2D eigenvalue weighted by Gasteiger charge is -2.09. The van der Waals surface area contributed by atoms with E-state index in [1.807, 2.05) is 62.4 Å². The van der Waals surface area contributed by atoms with E-state index in [1.165, 1.54) is 11.1 Å². The molecule has 2 rings (SSSR count). The fourth-order valence-electron chi connectivity index (χ4n) is 2.90. The predicted octanol–water partition coefficient (Wildman–Crippen LogP) is 3.72. The lowest BCUT2D eigenvalue weighted by molar-refractivity contribution is 0.298. The third-order valence-corrected chi connectivity index (χ3v) is 7.29. The van der Waals surface area contributed by atoms with Crippen LogP contribution >= 0.6 is 10.8 Å². The Bertz CT molecular complexity index is 842. The molecule has 2 aromatic carbocycles. The Morgan fingerprint density at radius 1 is 0.758 bits per heavy atom. The van der Waals surface area contributed by atoms with Crippen LogP contribution in [0.5, 0.6) is 11.5 Å². The van der Waals surface area contributed by atoms with Gasteiger partial charge in [-0.1, -0.05) is 24.3 Å². The molecule has 0 aliphatic heterocycles. The van der Waals surface area contributed by atoms with Gasteiger partial charge in [-0.05, 0) is 86.0 Å². The van der Waals surface area contributed by atoms with Crippen molar-refractivity contribution in [2.75, 3.05) is 51.8 Å². The quantitative estimate of drug-likeness (QED) is 0.239. The highest BCUT2D eigenvalue weighted by Gasteiger charge is 2.11. The SMILES string of the molecule is Cc1cccc(OCCCNCCOS(=O)(=O)SCCNCCCOc2cccc(C)c2)c1. The first-order valence-electron chi connectivity index (χ1n) is 11.3. The maximum absolute atomic E-state index is 11.9. The largest absolute Gasteiger partial charge is 0.494 e. The summed E-state index contributed by atoms with van der Waals surface area (Å²) in [7, 11) is -2.75. The van der Waals surface area contributed by atoms with Crippen molar-refractivity contribution in [3.05, 3.63) is 59.7 Å². The summed E-state index contributed by atoms with van der Waals surface area (Å²) in [4.78, 5) is 0. The van der Waals surface area contributed by atoms with Gasteiger partial charge in [-0.2, -0.15) is 8.42 Å². The van der Waals surface area contributed by atoms with Gasteiger partial charge in [-0.15, -0.1) is 0 Å². The third-order valence-electron chi connectivity index (χ3n) is 4.53. The molecule has 2 N–H and O–H groups in total. The molecule has 0 saturated carbocycles. The fraction of sp³-hybridized carbons (Fsp3) is 0.500. The van der Waals surface area contributed by atoms with Gasteiger partial charge in [-0.25, -0.2) is 0 Å². The Morgan fingerprint density at radius 2 is 1.30 bits per heavy atom. The Hall–Kier alpha value is -1.78. The monoisotopic (exact) mass is 496 g/mol. The van der Waals surface area contributed by atoms with Crippen LogP contribution in [0.4, 0.5) is 0 Å². The summed E-state index contributed by atoms with van der Waals surface area (Å²) in [6, 6.07) is 15.9. The molecule has 0 unspecified atom stereocenters. The topological polar surface area (TPSA) is 85.9 Å². The van der Waals surface area contributed by atoms with E-state index in [2.05, 4.69) is 10.6 Å². The molecular formula is C24H36N2O5S2. The van der Waals surface area contributed by atoms with E-state index in [-0.39, 0.29) is 6.61 Å². The lowest BCUT2D eigenvalue weighted by atomic mass is 10.2. The van der Waals surface area contributed by atoms with Crippen molar-refractivity contribution in [1.82, 2.24) is 10.6 Å². The second-order valence-electron chi connectivity index (χ2n) is 7.59. The van der Waals surface area contributed by atoms with Crippen molar-refractivity contribution in [2.24, 2.45) is 0 Å². The Labute approximate surface area is 202 Å². The summed E-state index contributed by atoms with van der Waals surface area (Å²) in [5.74, 6) is 2.18. The number of ether oxygens (including phenoxy) is 2. The highest BCUT2D eigenvalue weighted by Crippen LogP contribution is 2.14. The van der Waals surface area contributed by atoms with Crippen molar-refractivity contribution in [3.8, 4) is 11.5 Å². The second-order valence-corrected chi connectivity index (χ2v) is 11.2. The molecule has 0 atom stereocenters. The molecule has 0 bridgehead atoms. The number of hydrogen-bond donors (Lipinski definition) is 2.